The van der Waals surface area contributed by atoms with Gasteiger partial charge in [-0.05, 0) is 36.5 Å². The summed E-state index contributed by atoms with van der Waals surface area (Å²) in [5, 5.41) is 2.88. The maximum absolute atomic E-state index is 12.9. The number of anilines is 1. The van der Waals surface area contributed by atoms with Gasteiger partial charge in [-0.2, -0.15) is 0 Å². The molecule has 0 radical (unpaired) electrons. The largest absolute Gasteiger partial charge is 0.342 e. The normalized spacial score (nSPS) is 22.9. The first-order valence-corrected chi connectivity index (χ1v) is 7.53. The summed E-state index contributed by atoms with van der Waals surface area (Å²) in [6.45, 7) is 9.83. The van der Waals surface area contributed by atoms with Gasteiger partial charge in [0, 0.05) is 5.69 Å². The molecule has 4 heteroatoms. The molecule has 1 saturated heterocycles. The van der Waals surface area contributed by atoms with E-state index in [9.17, 15) is 9.59 Å². The monoisotopic (exact) mass is 288 g/mol. The molecule has 0 aromatic heterocycles. The van der Waals surface area contributed by atoms with E-state index in [1.54, 1.807) is 4.90 Å². The van der Waals surface area contributed by atoms with Crippen molar-refractivity contribution in [2.24, 2.45) is 11.8 Å². The molecule has 1 heterocycles. The quantitative estimate of drug-likeness (QED) is 0.929. The standard InChI is InChI=1S/C17H24N2O2/c1-10(2)14-17(21)19(13-8-6-7-12(5)9-13)15(11(3)4)16(20)18-14/h6-11,14-15H,1-5H3,(H,18,20). The van der Waals surface area contributed by atoms with Gasteiger partial charge in [0.15, 0.2) is 0 Å². The van der Waals surface area contributed by atoms with E-state index < -0.39 is 12.1 Å². The van der Waals surface area contributed by atoms with Crippen LogP contribution in [-0.4, -0.2) is 23.9 Å². The third kappa shape index (κ3) is 2.94. The van der Waals surface area contributed by atoms with Crippen LogP contribution in [0.3, 0.4) is 0 Å². The van der Waals surface area contributed by atoms with Crippen LogP contribution in [0.25, 0.3) is 0 Å². The Morgan fingerprint density at radius 3 is 2.29 bits per heavy atom. The van der Waals surface area contributed by atoms with Crippen LogP contribution in [0.5, 0.6) is 0 Å². The minimum Gasteiger partial charge on any atom is -0.342 e. The molecule has 1 aromatic carbocycles. The van der Waals surface area contributed by atoms with Crippen molar-refractivity contribution in [3.05, 3.63) is 29.8 Å². The van der Waals surface area contributed by atoms with Crippen molar-refractivity contribution in [3.63, 3.8) is 0 Å². The Labute approximate surface area is 126 Å². The van der Waals surface area contributed by atoms with Gasteiger partial charge in [0.25, 0.3) is 5.91 Å². The van der Waals surface area contributed by atoms with Crippen LogP contribution in [0, 0.1) is 18.8 Å². The molecule has 2 amide bonds. The van der Waals surface area contributed by atoms with Crippen molar-refractivity contribution in [3.8, 4) is 0 Å². The first-order valence-electron chi connectivity index (χ1n) is 7.53. The van der Waals surface area contributed by atoms with Crippen LogP contribution in [-0.2, 0) is 9.59 Å². The van der Waals surface area contributed by atoms with Crippen molar-refractivity contribution in [1.82, 2.24) is 5.32 Å². The topological polar surface area (TPSA) is 49.4 Å². The predicted molar refractivity (Wildman–Crippen MR) is 84.1 cm³/mol. The molecule has 4 nitrogen and oxygen atoms in total. The number of hydrogen-bond acceptors (Lipinski definition) is 2. The summed E-state index contributed by atoms with van der Waals surface area (Å²) in [5.41, 5.74) is 1.88. The highest BCUT2D eigenvalue weighted by atomic mass is 16.2. The predicted octanol–water partition coefficient (Wildman–Crippen LogP) is 2.51. The molecule has 0 bridgehead atoms. The van der Waals surface area contributed by atoms with Crippen LogP contribution in [0.4, 0.5) is 5.69 Å². The molecule has 1 aromatic rings. The maximum Gasteiger partial charge on any atom is 0.250 e. The number of piperazine rings is 1. The number of carbonyl (C=O) groups is 2. The fourth-order valence-corrected chi connectivity index (χ4v) is 2.82. The molecule has 0 aliphatic carbocycles. The van der Waals surface area contributed by atoms with Crippen molar-refractivity contribution in [2.75, 3.05) is 4.90 Å². The van der Waals surface area contributed by atoms with E-state index in [0.29, 0.717) is 0 Å². The van der Waals surface area contributed by atoms with Crippen LogP contribution in [0.15, 0.2) is 24.3 Å². The Balaban J connectivity index is 2.48. The van der Waals surface area contributed by atoms with Crippen molar-refractivity contribution in [2.45, 2.75) is 46.7 Å². The minimum atomic E-state index is -0.451. The highest BCUT2D eigenvalue weighted by Gasteiger charge is 2.43. The van der Waals surface area contributed by atoms with E-state index in [1.807, 2.05) is 58.9 Å². The second kappa shape index (κ2) is 5.88. The Morgan fingerprint density at radius 2 is 1.76 bits per heavy atom. The van der Waals surface area contributed by atoms with Gasteiger partial charge in [-0.15, -0.1) is 0 Å². The van der Waals surface area contributed by atoms with Crippen molar-refractivity contribution in [1.29, 1.82) is 0 Å². The minimum absolute atomic E-state index is 0.0195. The van der Waals surface area contributed by atoms with Gasteiger partial charge < -0.3 is 5.32 Å². The van der Waals surface area contributed by atoms with Crippen LogP contribution >= 0.6 is 0 Å². The molecule has 0 spiro atoms. The van der Waals surface area contributed by atoms with E-state index in [0.717, 1.165) is 11.3 Å². The van der Waals surface area contributed by atoms with Crippen molar-refractivity contribution < 1.29 is 9.59 Å². The molecular weight excluding hydrogens is 264 g/mol. The number of nitrogens with one attached hydrogen (secondary N) is 1. The number of benzene rings is 1. The van der Waals surface area contributed by atoms with Gasteiger partial charge in [-0.1, -0.05) is 39.8 Å². The molecule has 1 N–H and O–H groups in total. The molecule has 1 aliphatic heterocycles. The first-order chi connectivity index (χ1) is 9.82. The van der Waals surface area contributed by atoms with E-state index in [2.05, 4.69) is 5.32 Å². The summed E-state index contributed by atoms with van der Waals surface area (Å²) >= 11 is 0. The Kier molecular flexibility index (Phi) is 4.35. The molecular formula is C17H24N2O2. The molecule has 21 heavy (non-hydrogen) atoms. The average molecular weight is 288 g/mol. The molecule has 1 aliphatic rings. The number of aryl methyl sites for hydroxylation is 1. The molecule has 1 fully saturated rings. The number of hydrogen-bond donors (Lipinski definition) is 1. The summed E-state index contributed by atoms with van der Waals surface area (Å²) in [6.07, 6.45) is 0. The fourth-order valence-electron chi connectivity index (χ4n) is 2.82. The van der Waals surface area contributed by atoms with Gasteiger partial charge in [0.2, 0.25) is 5.91 Å². The molecule has 2 unspecified atom stereocenters. The summed E-state index contributed by atoms with van der Waals surface area (Å²) in [7, 11) is 0. The second-order valence-electron chi connectivity index (χ2n) is 6.47. The van der Waals surface area contributed by atoms with E-state index in [1.165, 1.54) is 0 Å². The summed E-state index contributed by atoms with van der Waals surface area (Å²) < 4.78 is 0. The zero-order valence-corrected chi connectivity index (χ0v) is 13.4. The van der Waals surface area contributed by atoms with Gasteiger partial charge in [-0.3, -0.25) is 14.5 Å². The van der Waals surface area contributed by atoms with E-state index >= 15 is 0 Å². The Morgan fingerprint density at radius 1 is 1.10 bits per heavy atom. The van der Waals surface area contributed by atoms with Gasteiger partial charge >= 0.3 is 0 Å². The number of rotatable bonds is 3. The molecule has 2 rings (SSSR count). The zero-order valence-electron chi connectivity index (χ0n) is 13.4. The summed E-state index contributed by atoms with van der Waals surface area (Å²) in [4.78, 5) is 27.0. The van der Waals surface area contributed by atoms with Crippen LogP contribution < -0.4 is 10.2 Å². The Hall–Kier alpha value is -1.84. The van der Waals surface area contributed by atoms with Gasteiger partial charge in [0.1, 0.15) is 12.1 Å². The van der Waals surface area contributed by atoms with Gasteiger partial charge in [0.05, 0.1) is 0 Å². The van der Waals surface area contributed by atoms with E-state index in [-0.39, 0.29) is 23.7 Å². The third-order valence-electron chi connectivity index (χ3n) is 3.93. The average Bonchev–Trinajstić information content (AvgIpc) is 2.39. The first kappa shape index (κ1) is 15.5. The zero-order chi connectivity index (χ0) is 15.7. The lowest BCUT2D eigenvalue weighted by Crippen LogP contribution is -2.66. The SMILES string of the molecule is Cc1cccc(N2C(=O)C(C(C)C)NC(=O)C2C(C)C)c1. The smallest absolute Gasteiger partial charge is 0.250 e. The number of carbonyl (C=O) groups excluding carboxylic acids is 2. The van der Waals surface area contributed by atoms with Gasteiger partial charge in [-0.25, -0.2) is 0 Å². The highest BCUT2D eigenvalue weighted by Crippen LogP contribution is 2.27. The second-order valence-corrected chi connectivity index (χ2v) is 6.47. The summed E-state index contributed by atoms with van der Waals surface area (Å²) in [6, 6.07) is 6.87. The maximum atomic E-state index is 12.9. The number of nitrogens with zero attached hydrogens (tertiary/aromatic N) is 1. The molecule has 2 atom stereocenters. The molecule has 0 saturated carbocycles. The lowest BCUT2D eigenvalue weighted by Gasteiger charge is -2.42. The summed E-state index contributed by atoms with van der Waals surface area (Å²) in [5.74, 6) is 0.0446. The van der Waals surface area contributed by atoms with Crippen LogP contribution in [0.2, 0.25) is 0 Å². The lowest BCUT2D eigenvalue weighted by atomic mass is 9.92. The van der Waals surface area contributed by atoms with Crippen molar-refractivity contribution >= 4 is 17.5 Å². The van der Waals surface area contributed by atoms with E-state index in [4.69, 9.17) is 0 Å². The third-order valence-corrected chi connectivity index (χ3v) is 3.93. The fraction of sp³-hybridized carbons (Fsp3) is 0.529. The highest BCUT2D eigenvalue weighted by molar-refractivity contribution is 6.08. The lowest BCUT2D eigenvalue weighted by molar-refractivity contribution is -0.135. The van der Waals surface area contributed by atoms with Crippen LogP contribution in [0.1, 0.15) is 33.3 Å². The molecule has 114 valence electrons. The number of amides is 2. The Bertz CT molecular complexity index is 551.